The lowest BCUT2D eigenvalue weighted by Crippen LogP contribution is -2.30. The van der Waals surface area contributed by atoms with Crippen molar-refractivity contribution in [3.8, 4) is 0 Å². The standard InChI is InChI=1S/C65H112O6/c1-4-7-10-13-16-19-22-25-27-29-31-32-34-35-37-40-43-46-49-52-55-58-64(67)70-61-62(60-69-63(66)57-54-51-48-45-42-39-24-21-18-15-12-9-6-3)71-65(68)59-56-53-50-47-44-41-38-36-33-30-28-26-23-20-17-14-11-8-5-2/h9,12,18,21-22,25,29,31,34-35,39,42,48,51,62H,4-8,10-11,13-17,19-20,23-24,26-28,30,32-33,36-38,40-41,43-47,49-50,52-61H2,1-3H3/b12-9-,21-18-,25-22-,31-29-,35-34-,42-39-,51-48-. The first kappa shape index (κ1) is 67.6. The van der Waals surface area contributed by atoms with E-state index in [1.807, 2.05) is 6.08 Å². The Kier molecular flexibility index (Phi) is 56.3. The number of ether oxygens (including phenoxy) is 3. The van der Waals surface area contributed by atoms with Crippen molar-refractivity contribution in [3.05, 3.63) is 85.1 Å². The van der Waals surface area contributed by atoms with Crippen molar-refractivity contribution in [2.45, 2.75) is 297 Å². The molecule has 0 aliphatic rings. The van der Waals surface area contributed by atoms with Crippen LogP contribution < -0.4 is 0 Å². The quantitative estimate of drug-likeness (QED) is 0.0261. The number of unbranched alkanes of at least 4 members (excludes halogenated alkanes) is 29. The zero-order valence-electron chi connectivity index (χ0n) is 46.7. The highest BCUT2D eigenvalue weighted by Crippen LogP contribution is 2.16. The van der Waals surface area contributed by atoms with Gasteiger partial charge in [0.2, 0.25) is 0 Å². The van der Waals surface area contributed by atoms with E-state index < -0.39 is 6.10 Å². The van der Waals surface area contributed by atoms with Gasteiger partial charge in [-0.1, -0.05) is 273 Å². The van der Waals surface area contributed by atoms with Crippen molar-refractivity contribution >= 4 is 17.9 Å². The van der Waals surface area contributed by atoms with E-state index in [1.54, 1.807) is 0 Å². The average molecular weight is 990 g/mol. The molecule has 0 aromatic carbocycles. The normalized spacial score (nSPS) is 12.7. The topological polar surface area (TPSA) is 78.9 Å². The van der Waals surface area contributed by atoms with E-state index in [0.29, 0.717) is 19.3 Å². The monoisotopic (exact) mass is 989 g/mol. The highest BCUT2D eigenvalue weighted by Gasteiger charge is 2.19. The molecule has 6 nitrogen and oxygen atoms in total. The molecular weight excluding hydrogens is 877 g/mol. The first-order valence-corrected chi connectivity index (χ1v) is 30.1. The van der Waals surface area contributed by atoms with E-state index in [0.717, 1.165) is 83.5 Å². The summed E-state index contributed by atoms with van der Waals surface area (Å²) in [6.07, 6.45) is 77.4. The minimum absolute atomic E-state index is 0.104. The zero-order valence-corrected chi connectivity index (χ0v) is 46.7. The van der Waals surface area contributed by atoms with Gasteiger partial charge in [0, 0.05) is 19.3 Å². The Hall–Kier alpha value is -3.41. The molecule has 1 unspecified atom stereocenters. The summed E-state index contributed by atoms with van der Waals surface area (Å²) in [5.74, 6) is -0.990. The predicted octanol–water partition coefficient (Wildman–Crippen LogP) is 20.3. The van der Waals surface area contributed by atoms with E-state index in [1.165, 1.54) is 161 Å². The van der Waals surface area contributed by atoms with Crippen LogP contribution in [0.2, 0.25) is 0 Å². The summed E-state index contributed by atoms with van der Waals surface area (Å²) >= 11 is 0. The number of rotatable bonds is 54. The SMILES string of the molecule is CC/C=C\C/C=C\C/C=C\C/C=C\CCC(=O)OCC(COC(=O)CCCCCCCC/C=C\C/C=C\C/C=C\CCCCCCC)OC(=O)CCCCCCCCCCCCCCCCCCCCC. The molecule has 71 heavy (non-hydrogen) atoms. The fourth-order valence-electron chi connectivity index (χ4n) is 8.41. The van der Waals surface area contributed by atoms with Crippen molar-refractivity contribution < 1.29 is 28.6 Å². The molecule has 0 radical (unpaired) electrons. The molecule has 0 aromatic rings. The highest BCUT2D eigenvalue weighted by atomic mass is 16.6. The second kappa shape index (κ2) is 59.2. The lowest BCUT2D eigenvalue weighted by molar-refractivity contribution is -0.166. The molecule has 0 aromatic heterocycles. The molecule has 1 atom stereocenters. The molecule has 0 saturated carbocycles. The van der Waals surface area contributed by atoms with E-state index >= 15 is 0 Å². The third kappa shape index (κ3) is 57.4. The Balaban J connectivity index is 4.41. The van der Waals surface area contributed by atoms with E-state index in [2.05, 4.69) is 99.8 Å². The molecule has 0 spiro atoms. The molecule has 0 saturated heterocycles. The second-order valence-corrected chi connectivity index (χ2v) is 19.9. The van der Waals surface area contributed by atoms with Gasteiger partial charge < -0.3 is 14.2 Å². The fraction of sp³-hybridized carbons (Fsp3) is 0.738. The summed E-state index contributed by atoms with van der Waals surface area (Å²) < 4.78 is 16.8. The van der Waals surface area contributed by atoms with Gasteiger partial charge in [-0.3, -0.25) is 14.4 Å². The van der Waals surface area contributed by atoms with Crippen LogP contribution >= 0.6 is 0 Å². The third-order valence-electron chi connectivity index (χ3n) is 12.9. The Bertz CT molecular complexity index is 1370. The molecule has 6 heteroatoms. The van der Waals surface area contributed by atoms with Gasteiger partial charge in [-0.15, -0.1) is 0 Å². The summed E-state index contributed by atoms with van der Waals surface area (Å²) in [5.41, 5.74) is 0. The van der Waals surface area contributed by atoms with Crippen molar-refractivity contribution in [2.24, 2.45) is 0 Å². The number of allylic oxidation sites excluding steroid dienone is 14. The number of hydrogen-bond donors (Lipinski definition) is 0. The van der Waals surface area contributed by atoms with Crippen LogP contribution in [0.4, 0.5) is 0 Å². The van der Waals surface area contributed by atoms with Crippen LogP contribution in [0.1, 0.15) is 290 Å². The fourth-order valence-corrected chi connectivity index (χ4v) is 8.41. The number of hydrogen-bond acceptors (Lipinski definition) is 6. The summed E-state index contributed by atoms with van der Waals surface area (Å²) in [5, 5.41) is 0. The van der Waals surface area contributed by atoms with Gasteiger partial charge >= 0.3 is 17.9 Å². The van der Waals surface area contributed by atoms with Gasteiger partial charge in [0.05, 0.1) is 0 Å². The van der Waals surface area contributed by atoms with Crippen molar-refractivity contribution in [1.82, 2.24) is 0 Å². The van der Waals surface area contributed by atoms with Crippen LogP contribution in [0.5, 0.6) is 0 Å². The molecule has 0 bridgehead atoms. The first-order valence-electron chi connectivity index (χ1n) is 30.1. The van der Waals surface area contributed by atoms with Gasteiger partial charge in [0.25, 0.3) is 0 Å². The molecular formula is C65H112O6. The number of carbonyl (C=O) groups excluding carboxylic acids is 3. The predicted molar refractivity (Wildman–Crippen MR) is 307 cm³/mol. The smallest absolute Gasteiger partial charge is 0.306 e. The number of carbonyl (C=O) groups is 3. The van der Waals surface area contributed by atoms with Crippen molar-refractivity contribution in [2.75, 3.05) is 13.2 Å². The molecule has 0 heterocycles. The molecule has 0 aliphatic carbocycles. The van der Waals surface area contributed by atoms with Crippen LogP contribution in [-0.2, 0) is 28.6 Å². The molecule has 0 amide bonds. The average Bonchev–Trinajstić information content (AvgIpc) is 3.37. The van der Waals surface area contributed by atoms with E-state index in [9.17, 15) is 14.4 Å². The molecule has 0 N–H and O–H groups in total. The summed E-state index contributed by atoms with van der Waals surface area (Å²) in [6, 6.07) is 0. The summed E-state index contributed by atoms with van der Waals surface area (Å²) in [4.78, 5) is 38.2. The maximum absolute atomic E-state index is 12.9. The molecule has 0 aliphatic heterocycles. The van der Waals surface area contributed by atoms with Gasteiger partial charge in [0.15, 0.2) is 6.10 Å². The Morgan fingerprint density at radius 3 is 0.944 bits per heavy atom. The van der Waals surface area contributed by atoms with Crippen molar-refractivity contribution in [1.29, 1.82) is 0 Å². The van der Waals surface area contributed by atoms with Gasteiger partial charge in [-0.05, 0) is 83.5 Å². The lowest BCUT2D eigenvalue weighted by Gasteiger charge is -2.18. The van der Waals surface area contributed by atoms with Crippen LogP contribution in [-0.4, -0.2) is 37.2 Å². The maximum Gasteiger partial charge on any atom is 0.306 e. The van der Waals surface area contributed by atoms with Crippen LogP contribution in [0, 0.1) is 0 Å². The largest absolute Gasteiger partial charge is 0.462 e. The van der Waals surface area contributed by atoms with Crippen LogP contribution in [0.25, 0.3) is 0 Å². The van der Waals surface area contributed by atoms with E-state index in [-0.39, 0.29) is 37.5 Å². The van der Waals surface area contributed by atoms with Crippen LogP contribution in [0.3, 0.4) is 0 Å². The molecule has 0 rings (SSSR count). The summed E-state index contributed by atoms with van der Waals surface area (Å²) in [6.45, 7) is 6.46. The first-order chi connectivity index (χ1) is 35.0. The van der Waals surface area contributed by atoms with Gasteiger partial charge in [0.1, 0.15) is 13.2 Å². The Morgan fingerprint density at radius 2 is 0.577 bits per heavy atom. The molecule has 0 fully saturated rings. The third-order valence-corrected chi connectivity index (χ3v) is 12.9. The lowest BCUT2D eigenvalue weighted by atomic mass is 10.0. The number of esters is 3. The van der Waals surface area contributed by atoms with Crippen molar-refractivity contribution in [3.63, 3.8) is 0 Å². The molecule has 408 valence electrons. The minimum Gasteiger partial charge on any atom is -0.462 e. The Morgan fingerprint density at radius 1 is 0.296 bits per heavy atom. The van der Waals surface area contributed by atoms with E-state index in [4.69, 9.17) is 14.2 Å². The minimum atomic E-state index is -0.810. The van der Waals surface area contributed by atoms with Crippen LogP contribution in [0.15, 0.2) is 85.1 Å². The maximum atomic E-state index is 12.9. The van der Waals surface area contributed by atoms with Gasteiger partial charge in [-0.2, -0.15) is 0 Å². The van der Waals surface area contributed by atoms with Gasteiger partial charge in [-0.25, -0.2) is 0 Å². The summed E-state index contributed by atoms with van der Waals surface area (Å²) in [7, 11) is 0. The highest BCUT2D eigenvalue weighted by molar-refractivity contribution is 5.71. The Labute approximate surface area is 439 Å². The second-order valence-electron chi connectivity index (χ2n) is 19.9. The zero-order chi connectivity index (χ0) is 51.4.